The number of thiocarbonyl (C=S) groups is 1. The van der Waals surface area contributed by atoms with Crippen LogP contribution >= 0.6 is 28.1 Å². The van der Waals surface area contributed by atoms with Gasteiger partial charge in [-0.25, -0.2) is 4.39 Å². The molecule has 1 saturated heterocycles. The van der Waals surface area contributed by atoms with Gasteiger partial charge in [0, 0.05) is 59.7 Å². The number of benzene rings is 3. The molecule has 1 aromatic heterocycles. The SMILES string of the molecule is O=C(NC(=S)Nc1ccc(N2CCN(Cc3ccccc3F)CC2)cc1)c1ccc(-c2ccc(Br)cc2)o1. The van der Waals surface area contributed by atoms with Crippen molar-refractivity contribution in [3.05, 3.63) is 107 Å². The summed E-state index contributed by atoms with van der Waals surface area (Å²) in [6.07, 6.45) is 0. The Labute approximate surface area is 234 Å². The zero-order chi connectivity index (χ0) is 26.5. The van der Waals surface area contributed by atoms with Crippen LogP contribution in [0.25, 0.3) is 11.3 Å². The molecule has 2 N–H and O–H groups in total. The second-order valence-corrected chi connectivity index (χ2v) is 10.3. The van der Waals surface area contributed by atoms with Gasteiger partial charge in [0.1, 0.15) is 11.6 Å². The van der Waals surface area contributed by atoms with Crippen LogP contribution in [0.5, 0.6) is 0 Å². The van der Waals surface area contributed by atoms with Crippen molar-refractivity contribution in [1.29, 1.82) is 0 Å². The van der Waals surface area contributed by atoms with Crippen LogP contribution in [0.1, 0.15) is 16.1 Å². The summed E-state index contributed by atoms with van der Waals surface area (Å²) in [5.41, 5.74) is 3.48. The fourth-order valence-electron chi connectivity index (χ4n) is 4.34. The van der Waals surface area contributed by atoms with Crippen LogP contribution < -0.4 is 15.5 Å². The first-order valence-corrected chi connectivity index (χ1v) is 13.4. The third-order valence-corrected chi connectivity index (χ3v) is 7.13. The molecule has 194 valence electrons. The van der Waals surface area contributed by atoms with Gasteiger partial charge in [-0.2, -0.15) is 0 Å². The van der Waals surface area contributed by atoms with E-state index >= 15 is 0 Å². The van der Waals surface area contributed by atoms with E-state index in [1.54, 1.807) is 18.2 Å². The first-order chi connectivity index (χ1) is 18.4. The Morgan fingerprint density at radius 3 is 2.34 bits per heavy atom. The highest BCUT2D eigenvalue weighted by Gasteiger charge is 2.19. The smallest absolute Gasteiger partial charge is 0.293 e. The van der Waals surface area contributed by atoms with Crippen molar-refractivity contribution in [3.63, 3.8) is 0 Å². The van der Waals surface area contributed by atoms with Gasteiger partial charge < -0.3 is 14.6 Å². The summed E-state index contributed by atoms with van der Waals surface area (Å²) < 4.78 is 20.6. The first-order valence-electron chi connectivity index (χ1n) is 12.2. The highest BCUT2D eigenvalue weighted by atomic mass is 79.9. The number of rotatable bonds is 6. The van der Waals surface area contributed by atoms with Crippen molar-refractivity contribution in [2.75, 3.05) is 36.4 Å². The van der Waals surface area contributed by atoms with Crippen molar-refractivity contribution in [1.82, 2.24) is 10.2 Å². The van der Waals surface area contributed by atoms with Gasteiger partial charge in [0.2, 0.25) is 0 Å². The lowest BCUT2D eigenvalue weighted by molar-refractivity contribution is 0.0951. The number of carbonyl (C=O) groups excluding carboxylic acids is 1. The fraction of sp³-hybridized carbons (Fsp3) is 0.172. The lowest BCUT2D eigenvalue weighted by Gasteiger charge is -2.36. The third-order valence-electron chi connectivity index (χ3n) is 6.40. The number of hydrogen-bond donors (Lipinski definition) is 2. The molecule has 0 saturated carbocycles. The van der Waals surface area contributed by atoms with E-state index < -0.39 is 5.91 Å². The van der Waals surface area contributed by atoms with Gasteiger partial charge in [-0.1, -0.05) is 46.3 Å². The van der Waals surface area contributed by atoms with E-state index in [1.165, 1.54) is 6.07 Å². The molecule has 0 bridgehead atoms. The molecular formula is C29H26BrFN4O2S. The number of furan rings is 1. The molecule has 0 spiro atoms. The van der Waals surface area contributed by atoms with Crippen molar-refractivity contribution < 1.29 is 13.6 Å². The summed E-state index contributed by atoms with van der Waals surface area (Å²) in [5.74, 6) is 0.208. The Morgan fingerprint density at radius 2 is 1.63 bits per heavy atom. The van der Waals surface area contributed by atoms with Crippen LogP contribution in [0.15, 0.2) is 93.8 Å². The van der Waals surface area contributed by atoms with Crippen molar-refractivity contribution in [2.24, 2.45) is 0 Å². The van der Waals surface area contributed by atoms with Crippen LogP contribution in [-0.4, -0.2) is 42.1 Å². The maximum absolute atomic E-state index is 14.0. The Kier molecular flexibility index (Phi) is 8.17. The van der Waals surface area contributed by atoms with Gasteiger partial charge in [-0.15, -0.1) is 0 Å². The molecule has 0 unspecified atom stereocenters. The van der Waals surface area contributed by atoms with Gasteiger partial charge >= 0.3 is 0 Å². The molecule has 0 atom stereocenters. The first kappa shape index (κ1) is 26.1. The van der Waals surface area contributed by atoms with Gasteiger partial charge in [0.15, 0.2) is 10.9 Å². The minimum atomic E-state index is -0.421. The molecule has 4 aromatic rings. The van der Waals surface area contributed by atoms with E-state index in [-0.39, 0.29) is 16.7 Å². The van der Waals surface area contributed by atoms with Crippen molar-refractivity contribution >= 4 is 50.5 Å². The maximum Gasteiger partial charge on any atom is 0.293 e. The Morgan fingerprint density at radius 1 is 0.921 bits per heavy atom. The normalized spacial score (nSPS) is 13.8. The minimum Gasteiger partial charge on any atom is -0.451 e. The number of amides is 1. The highest BCUT2D eigenvalue weighted by molar-refractivity contribution is 9.10. The minimum absolute atomic E-state index is 0.151. The van der Waals surface area contributed by atoms with E-state index in [2.05, 4.69) is 36.4 Å². The Hall–Kier alpha value is -3.53. The van der Waals surface area contributed by atoms with Crippen LogP contribution in [0.2, 0.25) is 0 Å². The molecule has 0 aliphatic carbocycles. The zero-order valence-corrected chi connectivity index (χ0v) is 22.9. The number of nitrogens with zero attached hydrogens (tertiary/aromatic N) is 2. The molecular weight excluding hydrogens is 567 g/mol. The van der Waals surface area contributed by atoms with Gasteiger partial charge in [0.05, 0.1) is 0 Å². The molecule has 1 aliphatic rings. The molecule has 9 heteroatoms. The van der Waals surface area contributed by atoms with Crippen LogP contribution in [-0.2, 0) is 6.54 Å². The van der Waals surface area contributed by atoms with Crippen molar-refractivity contribution in [2.45, 2.75) is 6.54 Å². The second kappa shape index (κ2) is 11.9. The summed E-state index contributed by atoms with van der Waals surface area (Å²) in [6, 6.07) is 25.9. The number of carbonyl (C=O) groups is 1. The lowest BCUT2D eigenvalue weighted by Crippen LogP contribution is -2.46. The largest absolute Gasteiger partial charge is 0.451 e. The second-order valence-electron chi connectivity index (χ2n) is 8.98. The van der Waals surface area contributed by atoms with Gasteiger partial charge in [-0.3, -0.25) is 15.0 Å². The number of nitrogens with one attached hydrogen (secondary N) is 2. The van der Waals surface area contributed by atoms with E-state index in [9.17, 15) is 9.18 Å². The monoisotopic (exact) mass is 592 g/mol. The number of hydrogen-bond acceptors (Lipinski definition) is 5. The average molecular weight is 594 g/mol. The highest BCUT2D eigenvalue weighted by Crippen LogP contribution is 2.24. The fourth-order valence-corrected chi connectivity index (χ4v) is 4.82. The number of anilines is 2. The van der Waals surface area contributed by atoms with Crippen LogP contribution in [0.4, 0.5) is 15.8 Å². The Bertz CT molecular complexity index is 1420. The van der Waals surface area contributed by atoms with Crippen LogP contribution in [0.3, 0.4) is 0 Å². The summed E-state index contributed by atoms with van der Waals surface area (Å²) in [4.78, 5) is 17.2. The standard InChI is InChI=1S/C29H26BrFN4O2S/c30-22-7-5-20(6-8-22)26-13-14-27(37-26)28(36)33-29(38)32-23-9-11-24(12-10-23)35-17-15-34(16-18-35)19-21-3-1-2-4-25(21)31/h1-14H,15-19H2,(H2,32,33,36,38). The number of piperazine rings is 1. The molecule has 3 aromatic carbocycles. The van der Waals surface area contributed by atoms with Gasteiger partial charge in [-0.05, 0) is 66.8 Å². The van der Waals surface area contributed by atoms with Crippen molar-refractivity contribution in [3.8, 4) is 11.3 Å². The third kappa shape index (κ3) is 6.48. The van der Waals surface area contributed by atoms with E-state index in [4.69, 9.17) is 16.6 Å². The van der Waals surface area contributed by atoms with Crippen LogP contribution in [0, 0.1) is 5.82 Å². The summed E-state index contributed by atoms with van der Waals surface area (Å²) in [5, 5.41) is 5.90. The molecule has 1 aliphatic heterocycles. The summed E-state index contributed by atoms with van der Waals surface area (Å²) >= 11 is 8.74. The average Bonchev–Trinajstić information content (AvgIpc) is 3.42. The topological polar surface area (TPSA) is 60.8 Å². The molecule has 0 radical (unpaired) electrons. The lowest BCUT2D eigenvalue weighted by atomic mass is 10.1. The van der Waals surface area contributed by atoms with E-state index in [0.717, 1.165) is 53.2 Å². The van der Waals surface area contributed by atoms with Gasteiger partial charge in [0.25, 0.3) is 5.91 Å². The predicted octanol–water partition coefficient (Wildman–Crippen LogP) is 6.30. The molecule has 1 amide bonds. The number of halogens is 2. The summed E-state index contributed by atoms with van der Waals surface area (Å²) in [6.45, 7) is 4.07. The van der Waals surface area contributed by atoms with E-state index in [1.807, 2.05) is 60.7 Å². The summed E-state index contributed by atoms with van der Waals surface area (Å²) in [7, 11) is 0. The molecule has 2 heterocycles. The zero-order valence-electron chi connectivity index (χ0n) is 20.5. The molecule has 1 fully saturated rings. The van der Waals surface area contributed by atoms with E-state index in [0.29, 0.717) is 12.3 Å². The molecule has 6 nitrogen and oxygen atoms in total. The quantitative estimate of drug-likeness (QED) is 0.256. The Balaban J connectivity index is 1.10. The maximum atomic E-state index is 14.0. The molecule has 38 heavy (non-hydrogen) atoms. The predicted molar refractivity (Wildman–Crippen MR) is 156 cm³/mol. The molecule has 5 rings (SSSR count).